The number of hydrogen-bond acceptors (Lipinski definition) is 5. The average molecular weight is 422 g/mol. The predicted molar refractivity (Wildman–Crippen MR) is 110 cm³/mol. The van der Waals surface area contributed by atoms with Crippen molar-refractivity contribution in [2.24, 2.45) is 5.73 Å². The summed E-state index contributed by atoms with van der Waals surface area (Å²) >= 11 is 0. The van der Waals surface area contributed by atoms with Gasteiger partial charge in [-0.05, 0) is 35.4 Å². The highest BCUT2D eigenvalue weighted by Gasteiger charge is 2.28. The van der Waals surface area contributed by atoms with Gasteiger partial charge in [0.05, 0.1) is 13.1 Å². The van der Waals surface area contributed by atoms with Crippen LogP contribution in [0.2, 0.25) is 0 Å². The van der Waals surface area contributed by atoms with Gasteiger partial charge in [0.25, 0.3) is 11.8 Å². The Morgan fingerprint density at radius 1 is 0.774 bits per heavy atom. The Morgan fingerprint density at radius 2 is 1.26 bits per heavy atom. The van der Waals surface area contributed by atoms with Crippen LogP contribution in [-0.4, -0.2) is 41.0 Å². The number of benzene rings is 2. The molecular formula is C22H22N4O5. The van der Waals surface area contributed by atoms with Gasteiger partial charge >= 0.3 is 0 Å². The van der Waals surface area contributed by atoms with Gasteiger partial charge in [0, 0.05) is 30.5 Å². The van der Waals surface area contributed by atoms with E-state index < -0.39 is 11.8 Å². The molecule has 0 spiro atoms. The summed E-state index contributed by atoms with van der Waals surface area (Å²) in [5, 5.41) is 5.19. The second kappa shape index (κ2) is 9.66. The van der Waals surface area contributed by atoms with Crippen molar-refractivity contribution in [1.82, 2.24) is 15.5 Å². The van der Waals surface area contributed by atoms with E-state index in [4.69, 9.17) is 5.73 Å². The normalized spacial score (nSPS) is 13.2. The molecule has 5 amide bonds. The molecular weight excluding hydrogens is 400 g/mol. The molecule has 0 aromatic heterocycles. The molecule has 2 aromatic rings. The fourth-order valence-corrected chi connectivity index (χ4v) is 3.07. The van der Waals surface area contributed by atoms with E-state index in [0.29, 0.717) is 11.1 Å². The third kappa shape index (κ3) is 5.75. The number of nitrogens with zero attached hydrogens (tertiary/aromatic N) is 1. The maximum absolute atomic E-state index is 12.4. The predicted octanol–water partition coefficient (Wildman–Crippen LogP) is 0.481. The molecule has 2 aromatic carbocycles. The highest BCUT2D eigenvalue weighted by atomic mass is 16.2. The Bertz CT molecular complexity index is 999. The number of carbonyl (C=O) groups is 5. The Morgan fingerprint density at radius 3 is 1.77 bits per heavy atom. The maximum atomic E-state index is 12.4. The first kappa shape index (κ1) is 21.7. The van der Waals surface area contributed by atoms with E-state index in [0.717, 1.165) is 11.1 Å². The molecule has 9 heteroatoms. The molecule has 0 bridgehead atoms. The minimum absolute atomic E-state index is 0.178. The number of primary amides is 1. The number of carbonyl (C=O) groups excluding carboxylic acids is 5. The van der Waals surface area contributed by atoms with Crippen molar-refractivity contribution in [3.8, 4) is 0 Å². The van der Waals surface area contributed by atoms with Gasteiger partial charge in [0.15, 0.2) is 0 Å². The molecule has 3 rings (SSSR count). The fourth-order valence-electron chi connectivity index (χ4n) is 3.07. The Hall–Kier alpha value is -4.01. The molecule has 1 saturated heterocycles. The van der Waals surface area contributed by atoms with Crippen molar-refractivity contribution in [3.63, 3.8) is 0 Å². The van der Waals surface area contributed by atoms with Crippen molar-refractivity contribution in [3.05, 3.63) is 70.8 Å². The van der Waals surface area contributed by atoms with E-state index in [-0.39, 0.29) is 50.2 Å². The molecule has 0 saturated carbocycles. The summed E-state index contributed by atoms with van der Waals surface area (Å²) in [6, 6.07) is 13.3. The second-order valence-electron chi connectivity index (χ2n) is 7.10. The summed E-state index contributed by atoms with van der Waals surface area (Å²) in [6.45, 7) is 0.236. The Balaban J connectivity index is 1.51. The average Bonchev–Trinajstić information content (AvgIpc) is 3.08. The van der Waals surface area contributed by atoms with Gasteiger partial charge in [-0.15, -0.1) is 0 Å². The number of nitrogens with one attached hydrogen (secondary N) is 2. The SMILES string of the molecule is NC(=O)CNC(=O)c1ccc(CNC(=O)c2ccc(CN3C(=O)CCC3=O)cc2)cc1. The molecule has 1 aliphatic rings. The molecule has 0 unspecified atom stereocenters. The quantitative estimate of drug-likeness (QED) is 0.531. The molecule has 31 heavy (non-hydrogen) atoms. The standard InChI is InChI=1S/C22H22N4O5/c23-18(27)12-25-22(31)16-5-1-14(2-6-16)11-24-21(30)17-7-3-15(4-8-17)13-26-19(28)9-10-20(26)29/h1-8H,9-13H2,(H2,23,27)(H,24,30)(H,25,31). The van der Waals surface area contributed by atoms with E-state index in [1.807, 2.05) is 0 Å². The molecule has 1 aliphatic heterocycles. The zero-order chi connectivity index (χ0) is 22.4. The van der Waals surface area contributed by atoms with Crippen LogP contribution in [0.5, 0.6) is 0 Å². The Kier molecular flexibility index (Phi) is 6.76. The lowest BCUT2D eigenvalue weighted by molar-refractivity contribution is -0.139. The molecule has 0 atom stereocenters. The topological polar surface area (TPSA) is 139 Å². The summed E-state index contributed by atoms with van der Waals surface area (Å²) in [4.78, 5) is 59.6. The lowest BCUT2D eigenvalue weighted by atomic mass is 10.1. The molecule has 1 fully saturated rings. The van der Waals surface area contributed by atoms with Crippen LogP contribution >= 0.6 is 0 Å². The largest absolute Gasteiger partial charge is 0.368 e. The van der Waals surface area contributed by atoms with Gasteiger partial charge in [-0.3, -0.25) is 28.9 Å². The van der Waals surface area contributed by atoms with E-state index in [1.165, 1.54) is 4.90 Å². The molecule has 160 valence electrons. The zero-order valence-corrected chi connectivity index (χ0v) is 16.7. The van der Waals surface area contributed by atoms with Gasteiger partial charge in [0.1, 0.15) is 0 Å². The number of amides is 5. The van der Waals surface area contributed by atoms with Gasteiger partial charge in [-0.25, -0.2) is 0 Å². The summed E-state index contributed by atoms with van der Waals surface area (Å²) < 4.78 is 0. The lowest BCUT2D eigenvalue weighted by Crippen LogP contribution is -2.33. The van der Waals surface area contributed by atoms with E-state index in [1.54, 1.807) is 48.5 Å². The van der Waals surface area contributed by atoms with Crippen LogP contribution in [0.1, 0.15) is 44.7 Å². The zero-order valence-electron chi connectivity index (χ0n) is 16.7. The number of nitrogens with two attached hydrogens (primary N) is 1. The van der Waals surface area contributed by atoms with Crippen LogP contribution in [0.4, 0.5) is 0 Å². The van der Waals surface area contributed by atoms with Crippen LogP contribution in [0.15, 0.2) is 48.5 Å². The minimum Gasteiger partial charge on any atom is -0.368 e. The minimum atomic E-state index is -0.626. The van der Waals surface area contributed by atoms with Crippen molar-refractivity contribution < 1.29 is 24.0 Å². The summed E-state index contributed by atoms with van der Waals surface area (Å²) in [6.07, 6.45) is 0.497. The third-order valence-corrected chi connectivity index (χ3v) is 4.80. The molecule has 0 radical (unpaired) electrons. The van der Waals surface area contributed by atoms with E-state index in [9.17, 15) is 24.0 Å². The highest BCUT2D eigenvalue weighted by Crippen LogP contribution is 2.16. The summed E-state index contributed by atoms with van der Waals surface area (Å²) in [7, 11) is 0. The van der Waals surface area contributed by atoms with Gasteiger partial charge in [-0.2, -0.15) is 0 Å². The first-order chi connectivity index (χ1) is 14.8. The molecule has 1 heterocycles. The number of hydrogen-bond donors (Lipinski definition) is 3. The van der Waals surface area contributed by atoms with Gasteiger partial charge in [-0.1, -0.05) is 24.3 Å². The number of rotatable bonds is 8. The van der Waals surface area contributed by atoms with Crippen LogP contribution in [0, 0.1) is 0 Å². The van der Waals surface area contributed by atoms with Crippen molar-refractivity contribution in [2.75, 3.05) is 6.54 Å². The van der Waals surface area contributed by atoms with Crippen LogP contribution in [-0.2, 0) is 27.5 Å². The number of imide groups is 1. The van der Waals surface area contributed by atoms with Gasteiger partial charge in [0.2, 0.25) is 17.7 Å². The summed E-state index contributed by atoms with van der Waals surface area (Å²) in [5.41, 5.74) is 7.38. The Labute approximate surface area is 178 Å². The monoisotopic (exact) mass is 422 g/mol. The first-order valence-corrected chi connectivity index (χ1v) is 9.69. The lowest BCUT2D eigenvalue weighted by Gasteiger charge is -2.14. The van der Waals surface area contributed by atoms with Gasteiger partial charge < -0.3 is 16.4 Å². The highest BCUT2D eigenvalue weighted by molar-refractivity contribution is 6.02. The van der Waals surface area contributed by atoms with Crippen molar-refractivity contribution >= 4 is 29.5 Å². The number of likely N-dealkylation sites (tertiary alicyclic amines) is 1. The maximum Gasteiger partial charge on any atom is 0.251 e. The van der Waals surface area contributed by atoms with Crippen LogP contribution in [0.25, 0.3) is 0 Å². The third-order valence-electron chi connectivity index (χ3n) is 4.80. The second-order valence-corrected chi connectivity index (χ2v) is 7.10. The first-order valence-electron chi connectivity index (χ1n) is 9.69. The smallest absolute Gasteiger partial charge is 0.251 e. The van der Waals surface area contributed by atoms with Crippen molar-refractivity contribution in [2.45, 2.75) is 25.9 Å². The molecule has 0 aliphatic carbocycles. The summed E-state index contributed by atoms with van der Waals surface area (Å²) in [5.74, 6) is -1.67. The van der Waals surface area contributed by atoms with Crippen LogP contribution < -0.4 is 16.4 Å². The molecule has 4 N–H and O–H groups in total. The van der Waals surface area contributed by atoms with Crippen molar-refractivity contribution in [1.29, 1.82) is 0 Å². The molecule has 9 nitrogen and oxygen atoms in total. The van der Waals surface area contributed by atoms with E-state index >= 15 is 0 Å². The fraction of sp³-hybridized carbons (Fsp3) is 0.227. The van der Waals surface area contributed by atoms with E-state index in [2.05, 4.69) is 10.6 Å². The van der Waals surface area contributed by atoms with Crippen LogP contribution in [0.3, 0.4) is 0 Å².